The van der Waals surface area contributed by atoms with Gasteiger partial charge in [-0.05, 0) is 31.9 Å². The second-order valence-electron chi connectivity index (χ2n) is 4.84. The third kappa shape index (κ3) is 3.26. The van der Waals surface area contributed by atoms with E-state index in [0.717, 1.165) is 43.9 Å². The molecule has 1 aliphatic heterocycles. The number of anilines is 1. The lowest BCUT2D eigenvalue weighted by molar-refractivity contribution is 0.0362. The van der Waals surface area contributed by atoms with E-state index in [-0.39, 0.29) is 11.9 Å². The number of nitrogens with one attached hydrogen (secondary N) is 1. The summed E-state index contributed by atoms with van der Waals surface area (Å²) in [7, 11) is 1.89. The topological polar surface area (TPSA) is 41.6 Å². The lowest BCUT2D eigenvalue weighted by atomic mass is 10.1. The Morgan fingerprint density at radius 3 is 2.74 bits per heavy atom. The Morgan fingerprint density at radius 2 is 2.05 bits per heavy atom. The van der Waals surface area contributed by atoms with Crippen LogP contribution in [0.5, 0.6) is 0 Å². The maximum atomic E-state index is 12.6. The summed E-state index contributed by atoms with van der Waals surface area (Å²) in [6, 6.07) is 7.98. The Bertz CT molecular complexity index is 428. The van der Waals surface area contributed by atoms with Crippen LogP contribution in [0.25, 0.3) is 0 Å². The number of rotatable bonds is 4. The van der Waals surface area contributed by atoms with Gasteiger partial charge in [0.1, 0.15) is 0 Å². The van der Waals surface area contributed by atoms with Crippen molar-refractivity contribution in [3.05, 3.63) is 29.8 Å². The van der Waals surface area contributed by atoms with Gasteiger partial charge in [0, 0.05) is 38.5 Å². The molecule has 1 heterocycles. The molecule has 0 radical (unpaired) electrons. The largest absolute Gasteiger partial charge is 0.385 e. The van der Waals surface area contributed by atoms with Gasteiger partial charge in [0.2, 0.25) is 0 Å². The molecule has 0 aromatic heterocycles. The lowest BCUT2D eigenvalue weighted by Gasteiger charge is -2.31. The van der Waals surface area contributed by atoms with Gasteiger partial charge in [-0.1, -0.05) is 12.1 Å². The molecule has 0 bridgehead atoms. The summed E-state index contributed by atoms with van der Waals surface area (Å²) in [5, 5.41) is 3.24. The van der Waals surface area contributed by atoms with E-state index in [1.165, 1.54) is 0 Å². The molecule has 0 spiro atoms. The molecule has 104 valence electrons. The van der Waals surface area contributed by atoms with E-state index in [1.54, 1.807) is 0 Å². The Hall–Kier alpha value is -1.55. The number of nitrogens with zero attached hydrogens (tertiary/aromatic N) is 1. The van der Waals surface area contributed by atoms with Crippen molar-refractivity contribution in [1.29, 1.82) is 0 Å². The summed E-state index contributed by atoms with van der Waals surface area (Å²) in [6.45, 7) is 4.34. The van der Waals surface area contributed by atoms with E-state index >= 15 is 0 Å². The van der Waals surface area contributed by atoms with Crippen molar-refractivity contribution in [2.24, 2.45) is 0 Å². The maximum absolute atomic E-state index is 12.6. The summed E-state index contributed by atoms with van der Waals surface area (Å²) >= 11 is 0. The summed E-state index contributed by atoms with van der Waals surface area (Å²) in [5.74, 6) is 0.0865. The van der Waals surface area contributed by atoms with Gasteiger partial charge < -0.3 is 15.0 Å². The monoisotopic (exact) mass is 262 g/mol. The van der Waals surface area contributed by atoms with E-state index in [2.05, 4.69) is 5.32 Å². The zero-order valence-corrected chi connectivity index (χ0v) is 11.7. The van der Waals surface area contributed by atoms with Crippen molar-refractivity contribution < 1.29 is 9.53 Å². The highest BCUT2D eigenvalue weighted by molar-refractivity contribution is 5.99. The molecule has 1 saturated heterocycles. The maximum Gasteiger partial charge on any atom is 0.255 e. The van der Waals surface area contributed by atoms with Crippen molar-refractivity contribution in [2.75, 3.05) is 32.1 Å². The number of amides is 1. The fraction of sp³-hybridized carbons (Fsp3) is 0.533. The van der Waals surface area contributed by atoms with E-state index in [1.807, 2.05) is 43.1 Å². The first-order valence-corrected chi connectivity index (χ1v) is 6.92. The van der Waals surface area contributed by atoms with E-state index in [9.17, 15) is 4.79 Å². The molecule has 1 N–H and O–H groups in total. The van der Waals surface area contributed by atoms with E-state index in [4.69, 9.17) is 4.74 Å². The van der Waals surface area contributed by atoms with E-state index < -0.39 is 0 Å². The number of ether oxygens (including phenoxy) is 1. The molecule has 0 unspecified atom stereocenters. The Labute approximate surface area is 114 Å². The molecule has 1 amide bonds. The van der Waals surface area contributed by atoms with Crippen LogP contribution in [0.15, 0.2) is 24.3 Å². The Balaban J connectivity index is 2.13. The molecular formula is C15H22N2O2. The summed E-state index contributed by atoms with van der Waals surface area (Å²) < 4.78 is 5.35. The van der Waals surface area contributed by atoms with Crippen molar-refractivity contribution in [3.63, 3.8) is 0 Å². The molecule has 0 aliphatic carbocycles. The van der Waals surface area contributed by atoms with Gasteiger partial charge in [0.05, 0.1) is 5.56 Å². The molecule has 2 rings (SSSR count). The van der Waals surface area contributed by atoms with Crippen LogP contribution in [-0.2, 0) is 4.74 Å². The number of hydrogen-bond donors (Lipinski definition) is 1. The molecule has 1 aromatic rings. The molecule has 0 saturated carbocycles. The predicted octanol–water partition coefficient (Wildman–Crippen LogP) is 2.37. The molecule has 4 nitrogen and oxygen atoms in total. The predicted molar refractivity (Wildman–Crippen MR) is 76.5 cm³/mol. The number of carbonyl (C=O) groups is 1. The quantitative estimate of drug-likeness (QED) is 0.905. The summed E-state index contributed by atoms with van der Waals surface area (Å²) in [4.78, 5) is 14.4. The normalized spacial score (nSPS) is 16.1. The van der Waals surface area contributed by atoms with Crippen LogP contribution in [0.1, 0.15) is 30.1 Å². The van der Waals surface area contributed by atoms with Crippen molar-refractivity contribution in [1.82, 2.24) is 4.90 Å². The molecule has 1 fully saturated rings. The van der Waals surface area contributed by atoms with Crippen LogP contribution in [0, 0.1) is 0 Å². The molecule has 0 atom stereocenters. The van der Waals surface area contributed by atoms with Gasteiger partial charge in [-0.15, -0.1) is 0 Å². The highest BCUT2D eigenvalue weighted by Crippen LogP contribution is 2.20. The standard InChI is InChI=1S/C15H22N2O2/c1-3-16-14-7-5-4-6-13(14)15(18)17(2)12-8-10-19-11-9-12/h4-7,12,16H,3,8-11H2,1-2H3. The molecule has 1 aromatic carbocycles. The van der Waals surface area contributed by atoms with Crippen LogP contribution in [0.4, 0.5) is 5.69 Å². The van der Waals surface area contributed by atoms with Crippen molar-refractivity contribution in [3.8, 4) is 0 Å². The first-order valence-electron chi connectivity index (χ1n) is 6.92. The average Bonchev–Trinajstić information content (AvgIpc) is 2.47. The minimum atomic E-state index is 0.0865. The lowest BCUT2D eigenvalue weighted by Crippen LogP contribution is -2.40. The first kappa shape index (κ1) is 13.9. The number of hydrogen-bond acceptors (Lipinski definition) is 3. The van der Waals surface area contributed by atoms with Crippen LogP contribution in [0.3, 0.4) is 0 Å². The van der Waals surface area contributed by atoms with Gasteiger partial charge in [0.15, 0.2) is 0 Å². The second kappa shape index (κ2) is 6.57. The number of benzene rings is 1. The van der Waals surface area contributed by atoms with Crippen molar-refractivity contribution >= 4 is 11.6 Å². The summed E-state index contributed by atoms with van der Waals surface area (Å²) in [6.07, 6.45) is 1.84. The van der Waals surface area contributed by atoms with Crippen molar-refractivity contribution in [2.45, 2.75) is 25.8 Å². The fourth-order valence-corrected chi connectivity index (χ4v) is 2.44. The third-order valence-corrected chi connectivity index (χ3v) is 3.58. The van der Waals surface area contributed by atoms with Gasteiger partial charge in [-0.2, -0.15) is 0 Å². The fourth-order valence-electron chi connectivity index (χ4n) is 2.44. The summed E-state index contributed by atoms with van der Waals surface area (Å²) in [5.41, 5.74) is 1.66. The highest BCUT2D eigenvalue weighted by Gasteiger charge is 2.24. The van der Waals surface area contributed by atoms with Crippen LogP contribution < -0.4 is 5.32 Å². The van der Waals surface area contributed by atoms with E-state index in [0.29, 0.717) is 0 Å². The second-order valence-corrected chi connectivity index (χ2v) is 4.84. The van der Waals surface area contributed by atoms with Gasteiger partial charge in [0.25, 0.3) is 5.91 Å². The van der Waals surface area contributed by atoms with Crippen LogP contribution in [-0.4, -0.2) is 43.7 Å². The Kier molecular flexibility index (Phi) is 4.80. The van der Waals surface area contributed by atoms with Gasteiger partial charge in [-0.25, -0.2) is 0 Å². The minimum absolute atomic E-state index is 0.0865. The number of carbonyl (C=O) groups excluding carboxylic acids is 1. The van der Waals surface area contributed by atoms with Gasteiger partial charge >= 0.3 is 0 Å². The highest BCUT2D eigenvalue weighted by atomic mass is 16.5. The molecular weight excluding hydrogens is 240 g/mol. The van der Waals surface area contributed by atoms with Crippen LogP contribution in [0.2, 0.25) is 0 Å². The molecule has 4 heteroatoms. The SMILES string of the molecule is CCNc1ccccc1C(=O)N(C)C1CCOCC1. The smallest absolute Gasteiger partial charge is 0.255 e. The average molecular weight is 262 g/mol. The first-order chi connectivity index (χ1) is 9.24. The molecule has 19 heavy (non-hydrogen) atoms. The Morgan fingerprint density at radius 1 is 1.37 bits per heavy atom. The zero-order valence-electron chi connectivity index (χ0n) is 11.7. The third-order valence-electron chi connectivity index (χ3n) is 3.58. The zero-order chi connectivity index (χ0) is 13.7. The van der Waals surface area contributed by atoms with Crippen LogP contribution >= 0.6 is 0 Å². The molecule has 1 aliphatic rings. The van der Waals surface area contributed by atoms with Gasteiger partial charge in [-0.3, -0.25) is 4.79 Å². The minimum Gasteiger partial charge on any atom is -0.385 e. The number of para-hydroxylation sites is 1.